The SMILES string of the molecule is CNC1CC(NC)(NC)Nc2ccccc21. The van der Waals surface area contributed by atoms with Crippen LogP contribution in [-0.2, 0) is 0 Å². The van der Waals surface area contributed by atoms with E-state index in [2.05, 4.69) is 45.5 Å². The summed E-state index contributed by atoms with van der Waals surface area (Å²) in [6.45, 7) is 0. The minimum atomic E-state index is -0.234. The molecule has 1 unspecified atom stereocenters. The van der Waals surface area contributed by atoms with Gasteiger partial charge in [0.05, 0.1) is 0 Å². The minimum Gasteiger partial charge on any atom is -0.355 e. The first kappa shape index (κ1) is 11.4. The van der Waals surface area contributed by atoms with E-state index in [0.29, 0.717) is 6.04 Å². The summed E-state index contributed by atoms with van der Waals surface area (Å²) in [5, 5.41) is 13.5. The highest BCUT2D eigenvalue weighted by molar-refractivity contribution is 5.56. The Balaban J connectivity index is 2.38. The Morgan fingerprint density at radius 3 is 2.50 bits per heavy atom. The van der Waals surface area contributed by atoms with E-state index in [4.69, 9.17) is 0 Å². The Hall–Kier alpha value is -1.10. The van der Waals surface area contributed by atoms with Gasteiger partial charge in [0.2, 0.25) is 0 Å². The van der Waals surface area contributed by atoms with Crippen molar-refractivity contribution in [1.29, 1.82) is 0 Å². The van der Waals surface area contributed by atoms with Gasteiger partial charge in [-0.1, -0.05) is 18.2 Å². The fraction of sp³-hybridized carbons (Fsp3) is 0.500. The van der Waals surface area contributed by atoms with Crippen LogP contribution in [0.5, 0.6) is 0 Å². The van der Waals surface area contributed by atoms with E-state index in [0.717, 1.165) is 6.42 Å². The van der Waals surface area contributed by atoms with Gasteiger partial charge >= 0.3 is 0 Å². The molecule has 1 atom stereocenters. The zero-order valence-electron chi connectivity index (χ0n) is 10.1. The smallest absolute Gasteiger partial charge is 0.145 e. The highest BCUT2D eigenvalue weighted by Crippen LogP contribution is 2.34. The van der Waals surface area contributed by atoms with E-state index < -0.39 is 0 Å². The molecular formula is C12H20N4. The molecule has 1 aliphatic rings. The second kappa shape index (κ2) is 4.41. The van der Waals surface area contributed by atoms with E-state index >= 15 is 0 Å². The zero-order chi connectivity index (χ0) is 11.6. The third-order valence-electron chi connectivity index (χ3n) is 3.40. The summed E-state index contributed by atoms with van der Waals surface area (Å²) in [5.74, 6) is -0.234. The van der Waals surface area contributed by atoms with Gasteiger partial charge in [0.1, 0.15) is 5.79 Å². The van der Waals surface area contributed by atoms with Gasteiger partial charge in [-0.3, -0.25) is 10.6 Å². The van der Waals surface area contributed by atoms with Gasteiger partial charge in [0, 0.05) is 18.2 Å². The average molecular weight is 220 g/mol. The normalized spacial score (nSPS) is 22.3. The number of anilines is 1. The molecule has 0 saturated carbocycles. The predicted octanol–water partition coefficient (Wildman–Crippen LogP) is 0.855. The lowest BCUT2D eigenvalue weighted by Crippen LogP contribution is -2.63. The van der Waals surface area contributed by atoms with Gasteiger partial charge in [-0.05, 0) is 32.8 Å². The Kier molecular flexibility index (Phi) is 3.14. The highest BCUT2D eigenvalue weighted by Gasteiger charge is 2.35. The van der Waals surface area contributed by atoms with Crippen LogP contribution >= 0.6 is 0 Å². The zero-order valence-corrected chi connectivity index (χ0v) is 10.1. The fourth-order valence-electron chi connectivity index (χ4n) is 2.32. The number of rotatable bonds is 3. The molecule has 0 radical (unpaired) electrons. The van der Waals surface area contributed by atoms with Crippen molar-refractivity contribution < 1.29 is 0 Å². The van der Waals surface area contributed by atoms with Gasteiger partial charge in [-0.25, -0.2) is 0 Å². The Morgan fingerprint density at radius 1 is 1.19 bits per heavy atom. The molecule has 88 valence electrons. The molecule has 4 heteroatoms. The molecule has 4 N–H and O–H groups in total. The summed E-state index contributed by atoms with van der Waals surface area (Å²) >= 11 is 0. The molecule has 16 heavy (non-hydrogen) atoms. The summed E-state index contributed by atoms with van der Waals surface area (Å²) in [4.78, 5) is 0. The Morgan fingerprint density at radius 2 is 1.88 bits per heavy atom. The second-order valence-electron chi connectivity index (χ2n) is 4.16. The largest absolute Gasteiger partial charge is 0.355 e. The first-order valence-corrected chi connectivity index (χ1v) is 5.67. The van der Waals surface area contributed by atoms with Crippen LogP contribution in [0.2, 0.25) is 0 Å². The van der Waals surface area contributed by atoms with Gasteiger partial charge < -0.3 is 10.6 Å². The van der Waals surface area contributed by atoms with Crippen molar-refractivity contribution in [1.82, 2.24) is 16.0 Å². The van der Waals surface area contributed by atoms with Crippen molar-refractivity contribution in [3.05, 3.63) is 29.8 Å². The third-order valence-corrected chi connectivity index (χ3v) is 3.40. The monoisotopic (exact) mass is 220 g/mol. The lowest BCUT2D eigenvalue weighted by atomic mass is 9.93. The molecule has 1 aromatic rings. The van der Waals surface area contributed by atoms with Crippen molar-refractivity contribution in [2.75, 3.05) is 26.5 Å². The number of hydrogen-bond acceptors (Lipinski definition) is 4. The van der Waals surface area contributed by atoms with Gasteiger partial charge in [-0.2, -0.15) is 0 Å². The maximum Gasteiger partial charge on any atom is 0.145 e. The van der Waals surface area contributed by atoms with Crippen LogP contribution < -0.4 is 21.3 Å². The van der Waals surface area contributed by atoms with Crippen LogP contribution in [-0.4, -0.2) is 26.9 Å². The van der Waals surface area contributed by atoms with E-state index in [1.807, 2.05) is 21.1 Å². The van der Waals surface area contributed by atoms with Crippen LogP contribution in [0.4, 0.5) is 5.69 Å². The Bertz CT molecular complexity index is 360. The van der Waals surface area contributed by atoms with Crippen LogP contribution in [0, 0.1) is 0 Å². The summed E-state index contributed by atoms with van der Waals surface area (Å²) in [7, 11) is 5.93. The minimum absolute atomic E-state index is 0.234. The molecule has 4 nitrogen and oxygen atoms in total. The summed E-state index contributed by atoms with van der Waals surface area (Å²) in [5.41, 5.74) is 2.50. The van der Waals surface area contributed by atoms with Crippen LogP contribution in [0.25, 0.3) is 0 Å². The quantitative estimate of drug-likeness (QED) is 0.571. The molecule has 0 amide bonds. The molecule has 1 aliphatic heterocycles. The average Bonchev–Trinajstić information content (AvgIpc) is 2.37. The lowest BCUT2D eigenvalue weighted by Gasteiger charge is -2.43. The fourth-order valence-corrected chi connectivity index (χ4v) is 2.32. The van der Waals surface area contributed by atoms with Crippen LogP contribution in [0.1, 0.15) is 18.0 Å². The van der Waals surface area contributed by atoms with Crippen molar-refractivity contribution >= 4 is 5.69 Å². The number of hydrogen-bond donors (Lipinski definition) is 4. The van der Waals surface area contributed by atoms with Crippen molar-refractivity contribution in [3.8, 4) is 0 Å². The summed E-state index contributed by atoms with van der Waals surface area (Å²) < 4.78 is 0. The van der Waals surface area contributed by atoms with Crippen molar-refractivity contribution in [3.63, 3.8) is 0 Å². The summed E-state index contributed by atoms with van der Waals surface area (Å²) in [6, 6.07) is 8.77. The molecule has 1 aromatic carbocycles. The predicted molar refractivity (Wildman–Crippen MR) is 67.3 cm³/mol. The van der Waals surface area contributed by atoms with Crippen molar-refractivity contribution in [2.45, 2.75) is 18.2 Å². The molecular weight excluding hydrogens is 200 g/mol. The molecule has 0 spiro atoms. The number of nitrogens with one attached hydrogen (secondary N) is 4. The number of para-hydroxylation sites is 1. The standard InChI is InChI=1S/C12H20N4/c1-13-11-8-12(14-2,15-3)16-10-7-5-4-6-9(10)11/h4-7,11,13-16H,8H2,1-3H3. The van der Waals surface area contributed by atoms with Crippen LogP contribution in [0.15, 0.2) is 24.3 Å². The van der Waals surface area contributed by atoms with E-state index in [1.165, 1.54) is 11.3 Å². The number of benzene rings is 1. The maximum absolute atomic E-state index is 3.51. The molecule has 0 bridgehead atoms. The van der Waals surface area contributed by atoms with Gasteiger partial charge in [-0.15, -0.1) is 0 Å². The second-order valence-corrected chi connectivity index (χ2v) is 4.16. The lowest BCUT2D eigenvalue weighted by molar-refractivity contribution is 0.269. The van der Waals surface area contributed by atoms with Crippen molar-refractivity contribution in [2.24, 2.45) is 0 Å². The molecule has 0 aliphatic carbocycles. The third kappa shape index (κ3) is 1.80. The molecule has 0 saturated heterocycles. The molecule has 0 fully saturated rings. The Labute approximate surface area is 96.8 Å². The van der Waals surface area contributed by atoms with E-state index in [9.17, 15) is 0 Å². The van der Waals surface area contributed by atoms with E-state index in [-0.39, 0.29) is 5.79 Å². The number of fused-ring (bicyclic) bond motifs is 1. The topological polar surface area (TPSA) is 48.1 Å². The van der Waals surface area contributed by atoms with Gasteiger partial charge in [0.15, 0.2) is 0 Å². The molecule has 2 rings (SSSR count). The molecule has 0 aromatic heterocycles. The first-order valence-electron chi connectivity index (χ1n) is 5.67. The summed E-state index contributed by atoms with van der Waals surface area (Å²) in [6.07, 6.45) is 0.952. The molecule has 1 heterocycles. The first-order chi connectivity index (χ1) is 7.74. The van der Waals surface area contributed by atoms with Crippen LogP contribution in [0.3, 0.4) is 0 Å². The maximum atomic E-state index is 3.51. The van der Waals surface area contributed by atoms with Gasteiger partial charge in [0.25, 0.3) is 0 Å². The highest BCUT2D eigenvalue weighted by atomic mass is 15.3. The van der Waals surface area contributed by atoms with E-state index in [1.54, 1.807) is 0 Å².